The van der Waals surface area contributed by atoms with Crippen LogP contribution in [0, 0.1) is 0 Å². The van der Waals surface area contributed by atoms with Crippen molar-refractivity contribution in [2.24, 2.45) is 5.10 Å². The van der Waals surface area contributed by atoms with Gasteiger partial charge in [0.1, 0.15) is 17.6 Å². The second-order valence-corrected chi connectivity index (χ2v) is 7.29. The fourth-order valence-electron chi connectivity index (χ4n) is 3.13. The molecule has 0 radical (unpaired) electrons. The molecule has 2 amide bonds. The Morgan fingerprint density at radius 2 is 1.62 bits per heavy atom. The van der Waals surface area contributed by atoms with Gasteiger partial charge in [0.25, 0.3) is 0 Å². The molecule has 0 spiro atoms. The third-order valence-electron chi connectivity index (χ3n) is 4.84. The molecule has 166 valence electrons. The van der Waals surface area contributed by atoms with Crippen molar-refractivity contribution in [1.82, 2.24) is 5.43 Å². The van der Waals surface area contributed by atoms with Crippen molar-refractivity contribution in [3.63, 3.8) is 0 Å². The van der Waals surface area contributed by atoms with Crippen molar-refractivity contribution in [3.05, 3.63) is 70.6 Å². The number of aromatic hydroxyl groups is 1. The van der Waals surface area contributed by atoms with Crippen molar-refractivity contribution in [3.8, 4) is 5.75 Å². The van der Waals surface area contributed by atoms with Gasteiger partial charge in [-0.25, -0.2) is 5.43 Å². The van der Waals surface area contributed by atoms with Crippen LogP contribution in [-0.4, -0.2) is 23.1 Å². The molecule has 8 heteroatoms. The number of benzene rings is 2. The van der Waals surface area contributed by atoms with Crippen LogP contribution in [0.25, 0.3) is 11.0 Å². The SMILES string of the molecule is O=C(CCCCCCC(=O)Nc1ccccc1O)N/N=C/c1coc2ccccc2c1=O. The molecule has 3 aromatic rings. The first kappa shape index (κ1) is 22.7. The average molecular weight is 435 g/mol. The number of amides is 2. The maximum absolute atomic E-state index is 12.3. The second kappa shape index (κ2) is 11.5. The zero-order valence-corrected chi connectivity index (χ0v) is 17.5. The van der Waals surface area contributed by atoms with Crippen molar-refractivity contribution in [2.45, 2.75) is 38.5 Å². The number of nitrogens with one attached hydrogen (secondary N) is 2. The van der Waals surface area contributed by atoms with E-state index in [-0.39, 0.29) is 28.6 Å². The van der Waals surface area contributed by atoms with E-state index in [1.54, 1.807) is 42.5 Å². The lowest BCUT2D eigenvalue weighted by Crippen LogP contribution is -2.18. The van der Waals surface area contributed by atoms with Crippen LogP contribution in [0.3, 0.4) is 0 Å². The fraction of sp³-hybridized carbons (Fsp3) is 0.250. The van der Waals surface area contributed by atoms with Crippen LogP contribution in [0.1, 0.15) is 44.1 Å². The molecule has 0 saturated carbocycles. The van der Waals surface area contributed by atoms with E-state index in [2.05, 4.69) is 15.8 Å². The number of rotatable bonds is 10. The van der Waals surface area contributed by atoms with Crippen molar-refractivity contribution in [1.29, 1.82) is 0 Å². The number of phenolic OH excluding ortho intramolecular Hbond substituents is 1. The van der Waals surface area contributed by atoms with E-state index in [0.717, 1.165) is 12.8 Å². The lowest BCUT2D eigenvalue weighted by molar-refractivity contribution is -0.121. The first-order valence-corrected chi connectivity index (χ1v) is 10.4. The van der Waals surface area contributed by atoms with E-state index >= 15 is 0 Å². The van der Waals surface area contributed by atoms with Crippen LogP contribution in [0.15, 0.2) is 69.1 Å². The smallest absolute Gasteiger partial charge is 0.240 e. The Kier molecular flexibility index (Phi) is 8.14. The van der Waals surface area contributed by atoms with Crippen molar-refractivity contribution < 1.29 is 19.1 Å². The van der Waals surface area contributed by atoms with Crippen LogP contribution in [0.5, 0.6) is 5.75 Å². The molecule has 0 bridgehead atoms. The summed E-state index contributed by atoms with van der Waals surface area (Å²) in [6.45, 7) is 0. The Morgan fingerprint density at radius 1 is 0.938 bits per heavy atom. The van der Waals surface area contributed by atoms with Gasteiger partial charge in [0.15, 0.2) is 0 Å². The molecule has 0 unspecified atom stereocenters. The Labute approximate surface area is 185 Å². The van der Waals surface area contributed by atoms with Crippen LogP contribution in [0.2, 0.25) is 0 Å². The number of hydrogen-bond donors (Lipinski definition) is 3. The molecular formula is C24H25N3O5. The largest absolute Gasteiger partial charge is 0.506 e. The first-order valence-electron chi connectivity index (χ1n) is 10.4. The molecular weight excluding hydrogens is 410 g/mol. The van der Waals surface area contributed by atoms with E-state index < -0.39 is 0 Å². The maximum atomic E-state index is 12.3. The van der Waals surface area contributed by atoms with Gasteiger partial charge in [0.05, 0.1) is 22.9 Å². The first-order chi connectivity index (χ1) is 15.5. The third kappa shape index (κ3) is 6.53. The molecule has 3 rings (SSSR count). The average Bonchev–Trinajstić information content (AvgIpc) is 2.79. The number of fused-ring (bicyclic) bond motifs is 1. The predicted molar refractivity (Wildman–Crippen MR) is 123 cm³/mol. The maximum Gasteiger partial charge on any atom is 0.240 e. The molecule has 2 aromatic carbocycles. The van der Waals surface area contributed by atoms with E-state index in [1.165, 1.54) is 18.5 Å². The molecule has 0 fully saturated rings. The molecule has 0 aliphatic rings. The number of anilines is 1. The second-order valence-electron chi connectivity index (χ2n) is 7.29. The number of carbonyl (C=O) groups is 2. The highest BCUT2D eigenvalue weighted by Crippen LogP contribution is 2.21. The van der Waals surface area contributed by atoms with Crippen molar-refractivity contribution >= 4 is 34.7 Å². The number of para-hydroxylation sites is 3. The molecule has 1 aromatic heterocycles. The Balaban J connectivity index is 1.31. The van der Waals surface area contributed by atoms with Gasteiger partial charge in [-0.1, -0.05) is 37.1 Å². The summed E-state index contributed by atoms with van der Waals surface area (Å²) in [4.78, 5) is 36.1. The van der Waals surface area contributed by atoms with Gasteiger partial charge < -0.3 is 14.8 Å². The number of hydrazone groups is 1. The summed E-state index contributed by atoms with van der Waals surface area (Å²) in [6, 6.07) is 13.5. The number of hydrogen-bond acceptors (Lipinski definition) is 6. The Morgan fingerprint density at radius 3 is 2.41 bits per heavy atom. The molecule has 3 N–H and O–H groups in total. The summed E-state index contributed by atoms with van der Waals surface area (Å²) in [5.74, 6) is -0.364. The molecule has 0 aliphatic carbocycles. The van der Waals surface area contributed by atoms with Gasteiger partial charge in [-0.05, 0) is 37.1 Å². The number of carbonyl (C=O) groups excluding carboxylic acids is 2. The minimum absolute atomic E-state index is 0.0380. The van der Waals surface area contributed by atoms with Crippen LogP contribution >= 0.6 is 0 Å². The molecule has 32 heavy (non-hydrogen) atoms. The van der Waals surface area contributed by atoms with Crippen LogP contribution in [0.4, 0.5) is 5.69 Å². The van der Waals surface area contributed by atoms with Crippen LogP contribution < -0.4 is 16.2 Å². The highest BCUT2D eigenvalue weighted by Gasteiger charge is 2.07. The standard InChI is InChI=1S/C24H25N3O5/c28-20-11-7-6-10-19(20)26-22(29)13-3-1-2-4-14-23(30)27-25-15-17-16-32-21-12-8-5-9-18(21)24(17)31/h5-12,15-16,28H,1-4,13-14H2,(H,26,29)(H,27,30)/b25-15+. The zero-order chi connectivity index (χ0) is 22.8. The van der Waals surface area contributed by atoms with Gasteiger partial charge >= 0.3 is 0 Å². The van der Waals surface area contributed by atoms with Gasteiger partial charge in [-0.2, -0.15) is 5.10 Å². The summed E-state index contributed by atoms with van der Waals surface area (Å²) >= 11 is 0. The molecule has 0 aliphatic heterocycles. The van der Waals surface area contributed by atoms with E-state index in [1.807, 2.05) is 0 Å². The van der Waals surface area contributed by atoms with Gasteiger partial charge in [0, 0.05) is 12.8 Å². The highest BCUT2D eigenvalue weighted by atomic mass is 16.3. The minimum Gasteiger partial charge on any atom is -0.506 e. The Hall–Kier alpha value is -3.94. The fourth-order valence-corrected chi connectivity index (χ4v) is 3.13. The molecule has 0 atom stereocenters. The predicted octanol–water partition coefficient (Wildman–Crippen LogP) is 3.93. The van der Waals surface area contributed by atoms with Crippen molar-refractivity contribution in [2.75, 3.05) is 5.32 Å². The molecule has 8 nitrogen and oxygen atoms in total. The minimum atomic E-state index is -0.247. The molecule has 0 saturated heterocycles. The topological polar surface area (TPSA) is 121 Å². The summed E-state index contributed by atoms with van der Waals surface area (Å²) < 4.78 is 5.39. The molecule has 1 heterocycles. The summed E-state index contributed by atoms with van der Waals surface area (Å²) in [5, 5.41) is 16.6. The normalized spacial score (nSPS) is 11.0. The Bertz CT molecular complexity index is 1170. The highest BCUT2D eigenvalue weighted by molar-refractivity contribution is 5.92. The summed E-state index contributed by atoms with van der Waals surface area (Å²) in [7, 11) is 0. The number of phenols is 1. The van der Waals surface area contributed by atoms with E-state index in [0.29, 0.717) is 42.3 Å². The van der Waals surface area contributed by atoms with Gasteiger partial charge in [0.2, 0.25) is 17.2 Å². The summed E-state index contributed by atoms with van der Waals surface area (Å²) in [5.41, 5.74) is 3.35. The quantitative estimate of drug-likeness (QED) is 0.193. The summed E-state index contributed by atoms with van der Waals surface area (Å²) in [6.07, 6.45) is 6.21. The monoisotopic (exact) mass is 435 g/mol. The van der Waals surface area contributed by atoms with E-state index in [9.17, 15) is 19.5 Å². The zero-order valence-electron chi connectivity index (χ0n) is 17.5. The lowest BCUT2D eigenvalue weighted by Gasteiger charge is -2.06. The van der Waals surface area contributed by atoms with Gasteiger partial charge in [-0.15, -0.1) is 0 Å². The lowest BCUT2D eigenvalue weighted by atomic mass is 10.1. The number of unbranched alkanes of at least 4 members (excludes halogenated alkanes) is 3. The van der Waals surface area contributed by atoms with Gasteiger partial charge in [-0.3, -0.25) is 14.4 Å². The van der Waals surface area contributed by atoms with E-state index in [4.69, 9.17) is 4.42 Å². The number of nitrogens with zero attached hydrogens (tertiary/aromatic N) is 1. The third-order valence-corrected chi connectivity index (χ3v) is 4.84. The van der Waals surface area contributed by atoms with Crippen LogP contribution in [-0.2, 0) is 9.59 Å².